The fourth-order valence-electron chi connectivity index (χ4n) is 2.30. The summed E-state index contributed by atoms with van der Waals surface area (Å²) in [5, 5.41) is 14.7. The van der Waals surface area contributed by atoms with Gasteiger partial charge < -0.3 is 10.6 Å². The van der Waals surface area contributed by atoms with Gasteiger partial charge in [-0.3, -0.25) is 0 Å². The van der Waals surface area contributed by atoms with Crippen LogP contribution in [0.25, 0.3) is 0 Å². The SMILES string of the molecule is CC(c1ccc(N2C(C(F)(F)F)=CSC2N)cc1)c1nn[nH]n1. The van der Waals surface area contributed by atoms with Crippen molar-refractivity contribution in [3.05, 3.63) is 46.8 Å². The van der Waals surface area contributed by atoms with Crippen LogP contribution in [-0.4, -0.2) is 32.3 Å². The Bertz CT molecular complexity index is 697. The molecule has 10 heteroatoms. The van der Waals surface area contributed by atoms with Crippen molar-refractivity contribution in [1.29, 1.82) is 0 Å². The number of benzene rings is 1. The number of thioether (sulfide) groups is 1. The largest absolute Gasteiger partial charge is 0.432 e. The second-order valence-corrected chi connectivity index (χ2v) is 5.97. The maximum absolute atomic E-state index is 13.1. The molecule has 0 radical (unpaired) electrons. The number of allylic oxidation sites excluding steroid dienone is 1. The van der Waals surface area contributed by atoms with Crippen LogP contribution in [-0.2, 0) is 0 Å². The van der Waals surface area contributed by atoms with E-state index in [2.05, 4.69) is 20.6 Å². The van der Waals surface area contributed by atoms with Gasteiger partial charge >= 0.3 is 6.18 Å². The highest BCUT2D eigenvalue weighted by atomic mass is 32.2. The smallest absolute Gasteiger partial charge is 0.311 e. The summed E-state index contributed by atoms with van der Waals surface area (Å²) in [6.45, 7) is 1.89. The Labute approximate surface area is 133 Å². The minimum atomic E-state index is -4.45. The zero-order valence-corrected chi connectivity index (χ0v) is 12.8. The molecule has 6 nitrogen and oxygen atoms in total. The molecular weight excluding hydrogens is 329 g/mol. The highest BCUT2D eigenvalue weighted by Gasteiger charge is 2.43. The van der Waals surface area contributed by atoms with Gasteiger partial charge in [0.15, 0.2) is 5.82 Å². The molecule has 23 heavy (non-hydrogen) atoms. The lowest BCUT2D eigenvalue weighted by atomic mass is 10.0. The zero-order chi connectivity index (χ0) is 16.6. The predicted molar refractivity (Wildman–Crippen MR) is 80.3 cm³/mol. The Morgan fingerprint density at radius 3 is 2.57 bits per heavy atom. The van der Waals surface area contributed by atoms with Crippen molar-refractivity contribution in [2.75, 3.05) is 4.90 Å². The van der Waals surface area contributed by atoms with Gasteiger partial charge in [-0.2, -0.15) is 18.4 Å². The lowest BCUT2D eigenvalue weighted by molar-refractivity contribution is -0.0929. The molecule has 1 aromatic heterocycles. The Morgan fingerprint density at radius 1 is 1.30 bits per heavy atom. The van der Waals surface area contributed by atoms with Crippen molar-refractivity contribution >= 4 is 17.4 Å². The Hall–Kier alpha value is -2.07. The molecule has 3 rings (SSSR count). The second-order valence-electron chi connectivity index (χ2n) is 4.98. The van der Waals surface area contributed by atoms with E-state index in [1.165, 1.54) is 0 Å². The summed E-state index contributed by atoms with van der Waals surface area (Å²) in [7, 11) is 0. The van der Waals surface area contributed by atoms with Gasteiger partial charge in [0.25, 0.3) is 0 Å². The predicted octanol–water partition coefficient (Wildman–Crippen LogP) is 2.55. The molecule has 2 atom stereocenters. The van der Waals surface area contributed by atoms with E-state index in [9.17, 15) is 13.2 Å². The number of nitrogens with two attached hydrogens (primary N) is 1. The molecule has 3 N–H and O–H groups in total. The minimum Gasteiger partial charge on any atom is -0.311 e. The normalized spacial score (nSPS) is 19.8. The summed E-state index contributed by atoms with van der Waals surface area (Å²) >= 11 is 0.933. The lowest BCUT2D eigenvalue weighted by Crippen LogP contribution is -2.39. The van der Waals surface area contributed by atoms with Crippen LogP contribution in [0, 0.1) is 0 Å². The summed E-state index contributed by atoms with van der Waals surface area (Å²) in [5.41, 5.74) is 5.48. The molecule has 1 aliphatic rings. The standard InChI is InChI=1S/C13H13F3N6S/c1-7(11-18-20-21-19-11)8-2-4-9(5-3-8)22-10(13(14,15)16)6-23-12(22)17/h2-7,12H,17H2,1H3,(H,18,19,20,21). The van der Waals surface area contributed by atoms with E-state index in [4.69, 9.17) is 5.73 Å². The van der Waals surface area contributed by atoms with E-state index in [0.717, 1.165) is 27.6 Å². The van der Waals surface area contributed by atoms with Crippen LogP contribution >= 0.6 is 11.8 Å². The molecule has 0 saturated heterocycles. The number of aromatic amines is 1. The number of aromatic nitrogens is 4. The number of nitrogens with one attached hydrogen (secondary N) is 1. The molecule has 0 amide bonds. The molecule has 122 valence electrons. The van der Waals surface area contributed by atoms with Crippen molar-refractivity contribution in [1.82, 2.24) is 20.6 Å². The van der Waals surface area contributed by atoms with Gasteiger partial charge in [-0.05, 0) is 17.7 Å². The molecule has 0 aliphatic carbocycles. The van der Waals surface area contributed by atoms with Gasteiger partial charge in [-0.15, -0.1) is 10.2 Å². The number of tetrazole rings is 1. The summed E-state index contributed by atoms with van der Waals surface area (Å²) in [6.07, 6.45) is -4.45. The summed E-state index contributed by atoms with van der Waals surface area (Å²) in [6, 6.07) is 6.69. The van der Waals surface area contributed by atoms with E-state index < -0.39 is 17.4 Å². The average molecular weight is 342 g/mol. The van der Waals surface area contributed by atoms with E-state index in [0.29, 0.717) is 11.5 Å². The summed E-state index contributed by atoms with van der Waals surface area (Å²) in [4.78, 5) is 1.08. The fourth-order valence-corrected chi connectivity index (χ4v) is 3.18. The molecule has 0 fully saturated rings. The van der Waals surface area contributed by atoms with Crippen LogP contribution in [0.5, 0.6) is 0 Å². The maximum Gasteiger partial charge on any atom is 0.432 e. The molecule has 0 saturated carbocycles. The molecule has 2 unspecified atom stereocenters. The third kappa shape index (κ3) is 3.04. The third-order valence-corrected chi connectivity index (χ3v) is 4.39. The average Bonchev–Trinajstić information content (AvgIpc) is 3.15. The lowest BCUT2D eigenvalue weighted by Gasteiger charge is -2.27. The van der Waals surface area contributed by atoms with Crippen molar-refractivity contribution < 1.29 is 13.2 Å². The zero-order valence-electron chi connectivity index (χ0n) is 11.9. The first-order valence-corrected chi connectivity index (χ1v) is 7.63. The number of nitrogens with zero attached hydrogens (tertiary/aromatic N) is 4. The quantitative estimate of drug-likeness (QED) is 0.892. The van der Waals surface area contributed by atoms with E-state index in [1.807, 2.05) is 6.92 Å². The van der Waals surface area contributed by atoms with Gasteiger partial charge in [0.2, 0.25) is 0 Å². The molecule has 2 heterocycles. The van der Waals surface area contributed by atoms with Gasteiger partial charge in [0.05, 0.1) is 0 Å². The fraction of sp³-hybridized carbons (Fsp3) is 0.308. The highest BCUT2D eigenvalue weighted by molar-refractivity contribution is 8.03. The Kier molecular flexibility index (Phi) is 4.02. The molecule has 0 spiro atoms. The van der Waals surface area contributed by atoms with Crippen molar-refractivity contribution in [3.63, 3.8) is 0 Å². The molecule has 1 aromatic carbocycles. The number of hydrogen-bond acceptors (Lipinski definition) is 6. The van der Waals surface area contributed by atoms with Crippen LogP contribution in [0.1, 0.15) is 24.2 Å². The highest BCUT2D eigenvalue weighted by Crippen LogP contribution is 2.41. The molecule has 1 aliphatic heterocycles. The monoisotopic (exact) mass is 342 g/mol. The molecular formula is C13H13F3N6S. The van der Waals surface area contributed by atoms with Crippen LogP contribution in [0.4, 0.5) is 18.9 Å². The van der Waals surface area contributed by atoms with Gasteiger partial charge in [-0.1, -0.05) is 36.0 Å². The number of anilines is 1. The Balaban J connectivity index is 1.86. The number of halogens is 3. The maximum atomic E-state index is 13.1. The van der Waals surface area contributed by atoms with Crippen LogP contribution in [0.15, 0.2) is 35.4 Å². The van der Waals surface area contributed by atoms with E-state index in [1.54, 1.807) is 24.3 Å². The first-order chi connectivity index (χ1) is 10.9. The summed E-state index contributed by atoms with van der Waals surface area (Å²) < 4.78 is 39.2. The third-order valence-electron chi connectivity index (χ3n) is 3.54. The van der Waals surface area contributed by atoms with Crippen molar-refractivity contribution in [3.8, 4) is 0 Å². The van der Waals surface area contributed by atoms with Gasteiger partial charge in [0, 0.05) is 17.0 Å². The van der Waals surface area contributed by atoms with Crippen LogP contribution in [0.2, 0.25) is 0 Å². The first-order valence-electron chi connectivity index (χ1n) is 6.69. The van der Waals surface area contributed by atoms with Crippen LogP contribution < -0.4 is 10.6 Å². The first kappa shape index (κ1) is 15.8. The molecule has 0 bridgehead atoms. The minimum absolute atomic E-state index is 0.123. The molecule has 2 aromatic rings. The van der Waals surface area contributed by atoms with Crippen molar-refractivity contribution in [2.24, 2.45) is 5.73 Å². The van der Waals surface area contributed by atoms with E-state index >= 15 is 0 Å². The van der Waals surface area contributed by atoms with Gasteiger partial charge in [-0.25, -0.2) is 0 Å². The number of alkyl halides is 3. The Morgan fingerprint density at radius 2 is 2.00 bits per heavy atom. The number of H-pyrrole nitrogens is 1. The number of hydrogen-bond donors (Lipinski definition) is 2. The summed E-state index contributed by atoms with van der Waals surface area (Å²) in [5.74, 6) is 0.393. The van der Waals surface area contributed by atoms with Crippen molar-refractivity contribution in [2.45, 2.75) is 24.5 Å². The van der Waals surface area contributed by atoms with Crippen LogP contribution in [0.3, 0.4) is 0 Å². The van der Waals surface area contributed by atoms with E-state index in [-0.39, 0.29) is 5.92 Å². The second kappa shape index (κ2) is 5.85. The number of rotatable bonds is 3. The van der Waals surface area contributed by atoms with Gasteiger partial charge in [0.1, 0.15) is 11.2 Å². The topological polar surface area (TPSA) is 83.7 Å².